The van der Waals surface area contributed by atoms with Gasteiger partial charge in [0.25, 0.3) is 10.1 Å². The van der Waals surface area contributed by atoms with Crippen LogP contribution in [0.1, 0.15) is 22.3 Å². The van der Waals surface area contributed by atoms with E-state index in [1.165, 1.54) is 6.07 Å². The highest BCUT2D eigenvalue weighted by atomic mass is 32.2. The van der Waals surface area contributed by atoms with E-state index < -0.39 is 10.1 Å². The van der Waals surface area contributed by atoms with Gasteiger partial charge in [-0.25, -0.2) is 0 Å². The standard InChI is InChI=1S/C21H18O3S/c1-16-12-13-21(25(22,23)24)20(14-16)19(18-10-6-3-7-11-18)15-17-8-4-2-5-9-17/h2-15H,1H3,(H,22,23,24). The quantitative estimate of drug-likeness (QED) is 0.541. The molecule has 0 amide bonds. The molecule has 1 N–H and O–H groups in total. The molecule has 3 rings (SSSR count). The van der Waals surface area contributed by atoms with Gasteiger partial charge in [-0.1, -0.05) is 78.4 Å². The predicted molar refractivity (Wildman–Crippen MR) is 101 cm³/mol. The molecule has 0 aromatic heterocycles. The lowest BCUT2D eigenvalue weighted by atomic mass is 9.94. The minimum Gasteiger partial charge on any atom is -0.282 e. The molecule has 0 aliphatic rings. The molecule has 0 radical (unpaired) electrons. The Labute approximate surface area is 148 Å². The van der Waals surface area contributed by atoms with Gasteiger partial charge in [0.15, 0.2) is 0 Å². The van der Waals surface area contributed by atoms with Crippen molar-refractivity contribution in [3.63, 3.8) is 0 Å². The van der Waals surface area contributed by atoms with Crippen LogP contribution in [0.15, 0.2) is 83.8 Å². The van der Waals surface area contributed by atoms with Crippen molar-refractivity contribution < 1.29 is 13.0 Å². The van der Waals surface area contributed by atoms with Crippen molar-refractivity contribution in [3.8, 4) is 0 Å². The van der Waals surface area contributed by atoms with E-state index >= 15 is 0 Å². The Morgan fingerprint density at radius 1 is 0.880 bits per heavy atom. The van der Waals surface area contributed by atoms with E-state index in [0.29, 0.717) is 5.56 Å². The largest absolute Gasteiger partial charge is 0.295 e. The van der Waals surface area contributed by atoms with Crippen LogP contribution in [0.2, 0.25) is 0 Å². The molecule has 0 aliphatic heterocycles. The van der Waals surface area contributed by atoms with E-state index in [0.717, 1.165) is 22.3 Å². The fourth-order valence-electron chi connectivity index (χ4n) is 2.73. The molecule has 3 aromatic carbocycles. The number of benzene rings is 3. The van der Waals surface area contributed by atoms with Crippen molar-refractivity contribution in [1.29, 1.82) is 0 Å². The summed E-state index contributed by atoms with van der Waals surface area (Å²) in [5, 5.41) is 0. The van der Waals surface area contributed by atoms with E-state index in [4.69, 9.17) is 0 Å². The number of aryl methyl sites for hydroxylation is 1. The SMILES string of the molecule is Cc1ccc(S(=O)(=O)O)c(C(=Cc2ccccc2)c2ccccc2)c1. The lowest BCUT2D eigenvalue weighted by Gasteiger charge is -2.13. The van der Waals surface area contributed by atoms with Gasteiger partial charge in [-0.2, -0.15) is 8.42 Å². The Bertz CT molecular complexity index is 1010. The summed E-state index contributed by atoms with van der Waals surface area (Å²) >= 11 is 0. The summed E-state index contributed by atoms with van der Waals surface area (Å²) in [5.41, 5.74) is 3.96. The molecule has 0 fully saturated rings. The molecule has 4 heteroatoms. The first-order valence-corrected chi connectivity index (χ1v) is 9.30. The summed E-state index contributed by atoms with van der Waals surface area (Å²) in [7, 11) is -4.34. The van der Waals surface area contributed by atoms with Crippen LogP contribution in [-0.4, -0.2) is 13.0 Å². The van der Waals surface area contributed by atoms with Crippen molar-refractivity contribution in [1.82, 2.24) is 0 Å². The highest BCUT2D eigenvalue weighted by Gasteiger charge is 2.19. The molecule has 3 aromatic rings. The van der Waals surface area contributed by atoms with Crippen LogP contribution in [0.5, 0.6) is 0 Å². The van der Waals surface area contributed by atoms with E-state index in [9.17, 15) is 13.0 Å². The molecule has 0 aliphatic carbocycles. The fraction of sp³-hybridized carbons (Fsp3) is 0.0476. The van der Waals surface area contributed by atoms with Crippen LogP contribution < -0.4 is 0 Å². The molecule has 0 heterocycles. The Balaban J connectivity index is 2.31. The second-order valence-corrected chi connectivity index (χ2v) is 7.20. The van der Waals surface area contributed by atoms with Gasteiger partial charge in [0.05, 0.1) is 0 Å². The molecule has 126 valence electrons. The first kappa shape index (κ1) is 17.1. The van der Waals surface area contributed by atoms with Crippen LogP contribution in [0.4, 0.5) is 0 Å². The third-order valence-electron chi connectivity index (χ3n) is 3.90. The van der Waals surface area contributed by atoms with Crippen LogP contribution in [0.3, 0.4) is 0 Å². The first-order valence-electron chi connectivity index (χ1n) is 7.86. The number of rotatable bonds is 4. The first-order chi connectivity index (χ1) is 11.9. The van der Waals surface area contributed by atoms with Crippen molar-refractivity contribution in [2.24, 2.45) is 0 Å². The zero-order valence-electron chi connectivity index (χ0n) is 13.8. The van der Waals surface area contributed by atoms with E-state index in [2.05, 4.69) is 0 Å². The highest BCUT2D eigenvalue weighted by molar-refractivity contribution is 7.86. The molecular formula is C21H18O3S. The summed E-state index contributed by atoms with van der Waals surface area (Å²) < 4.78 is 33.4. The summed E-state index contributed by atoms with van der Waals surface area (Å²) in [6.07, 6.45) is 1.93. The third-order valence-corrected chi connectivity index (χ3v) is 4.81. The second-order valence-electron chi connectivity index (χ2n) is 5.81. The number of hydrogen-bond donors (Lipinski definition) is 1. The summed E-state index contributed by atoms with van der Waals surface area (Å²) in [6, 6.07) is 24.1. The smallest absolute Gasteiger partial charge is 0.282 e. The third kappa shape index (κ3) is 4.05. The zero-order chi connectivity index (χ0) is 17.9. The van der Waals surface area contributed by atoms with Crippen LogP contribution in [-0.2, 0) is 10.1 Å². The van der Waals surface area contributed by atoms with Crippen LogP contribution in [0, 0.1) is 6.92 Å². The van der Waals surface area contributed by atoms with Gasteiger partial charge in [-0.05, 0) is 35.8 Å². The molecule has 25 heavy (non-hydrogen) atoms. The van der Waals surface area contributed by atoms with Gasteiger partial charge in [-0.3, -0.25) is 4.55 Å². The molecular weight excluding hydrogens is 332 g/mol. The van der Waals surface area contributed by atoms with Gasteiger partial charge >= 0.3 is 0 Å². The van der Waals surface area contributed by atoms with E-state index in [1.54, 1.807) is 12.1 Å². The fourth-order valence-corrected chi connectivity index (χ4v) is 3.42. The molecule has 0 unspecified atom stereocenters. The predicted octanol–water partition coefficient (Wildman–Crippen LogP) is 4.83. The van der Waals surface area contributed by atoms with Crippen molar-refractivity contribution in [3.05, 3.63) is 101 Å². The maximum atomic E-state index is 11.9. The van der Waals surface area contributed by atoms with Gasteiger partial charge < -0.3 is 0 Å². The minimum atomic E-state index is -4.34. The highest BCUT2D eigenvalue weighted by Crippen LogP contribution is 2.31. The van der Waals surface area contributed by atoms with E-state index in [1.807, 2.05) is 73.7 Å². The topological polar surface area (TPSA) is 54.4 Å². The van der Waals surface area contributed by atoms with Crippen LogP contribution in [0.25, 0.3) is 11.6 Å². The summed E-state index contributed by atoms with van der Waals surface area (Å²) in [6.45, 7) is 1.89. The molecule has 0 atom stereocenters. The van der Waals surface area contributed by atoms with Gasteiger partial charge in [0.1, 0.15) is 4.90 Å². The van der Waals surface area contributed by atoms with Crippen molar-refractivity contribution in [2.45, 2.75) is 11.8 Å². The normalized spacial score (nSPS) is 12.2. The van der Waals surface area contributed by atoms with Crippen molar-refractivity contribution >= 4 is 21.8 Å². The number of hydrogen-bond acceptors (Lipinski definition) is 2. The molecule has 0 saturated heterocycles. The Hall–Kier alpha value is -2.69. The molecule has 3 nitrogen and oxygen atoms in total. The molecule has 0 saturated carbocycles. The monoisotopic (exact) mass is 350 g/mol. The lowest BCUT2D eigenvalue weighted by molar-refractivity contribution is 0.483. The Kier molecular flexibility index (Phi) is 4.83. The maximum absolute atomic E-state index is 11.9. The van der Waals surface area contributed by atoms with Crippen LogP contribution >= 0.6 is 0 Å². The summed E-state index contributed by atoms with van der Waals surface area (Å²) in [5.74, 6) is 0. The maximum Gasteiger partial charge on any atom is 0.295 e. The summed E-state index contributed by atoms with van der Waals surface area (Å²) in [4.78, 5) is -0.0934. The Morgan fingerprint density at radius 3 is 2.08 bits per heavy atom. The molecule has 0 bridgehead atoms. The van der Waals surface area contributed by atoms with Gasteiger partial charge in [-0.15, -0.1) is 0 Å². The zero-order valence-corrected chi connectivity index (χ0v) is 14.6. The van der Waals surface area contributed by atoms with Crippen molar-refractivity contribution in [2.75, 3.05) is 0 Å². The second kappa shape index (κ2) is 7.05. The average Bonchev–Trinajstić information content (AvgIpc) is 2.60. The van der Waals surface area contributed by atoms with Gasteiger partial charge in [0, 0.05) is 5.56 Å². The average molecular weight is 350 g/mol. The Morgan fingerprint density at radius 2 is 1.48 bits per heavy atom. The molecule has 0 spiro atoms. The minimum absolute atomic E-state index is 0.0934. The van der Waals surface area contributed by atoms with Gasteiger partial charge in [0.2, 0.25) is 0 Å². The lowest BCUT2D eigenvalue weighted by Crippen LogP contribution is -2.04. The van der Waals surface area contributed by atoms with E-state index in [-0.39, 0.29) is 4.90 Å².